The quantitative estimate of drug-likeness (QED) is 0.877. The van der Waals surface area contributed by atoms with Crippen LogP contribution in [0.4, 0.5) is 0 Å². The number of carboxylic acid groups (broad SMARTS) is 1. The van der Waals surface area contributed by atoms with Crippen molar-refractivity contribution in [3.05, 3.63) is 20.8 Å². The van der Waals surface area contributed by atoms with Crippen LogP contribution in [0.15, 0.2) is 15.9 Å². The van der Waals surface area contributed by atoms with E-state index in [1.165, 1.54) is 0 Å². The summed E-state index contributed by atoms with van der Waals surface area (Å²) < 4.78 is 1.00. The van der Waals surface area contributed by atoms with Gasteiger partial charge in [0.05, 0.1) is 15.1 Å². The van der Waals surface area contributed by atoms with Crippen molar-refractivity contribution in [3.8, 4) is 0 Å². The molecule has 6 heteroatoms. The van der Waals surface area contributed by atoms with Crippen LogP contribution in [-0.2, 0) is 9.59 Å². The molecule has 4 nitrogen and oxygen atoms in total. The van der Waals surface area contributed by atoms with Crippen LogP contribution in [0.25, 0.3) is 0 Å². The SMILES string of the molecule is CC(C(=O)N1CCC(C(=O)O)(C(C)C)C1)c1ccc(Br)s1. The van der Waals surface area contributed by atoms with Gasteiger partial charge in [0.1, 0.15) is 0 Å². The number of nitrogens with zero attached hydrogens (tertiary/aromatic N) is 1. The Labute approximate surface area is 137 Å². The van der Waals surface area contributed by atoms with Crippen molar-refractivity contribution < 1.29 is 14.7 Å². The van der Waals surface area contributed by atoms with E-state index >= 15 is 0 Å². The lowest BCUT2D eigenvalue weighted by Crippen LogP contribution is -2.41. The van der Waals surface area contributed by atoms with E-state index in [9.17, 15) is 14.7 Å². The van der Waals surface area contributed by atoms with Crippen molar-refractivity contribution in [2.45, 2.75) is 33.1 Å². The Kier molecular flexibility index (Phi) is 4.78. The first kappa shape index (κ1) is 16.5. The van der Waals surface area contributed by atoms with E-state index in [-0.39, 0.29) is 17.7 Å². The number of carbonyl (C=O) groups excluding carboxylic acids is 1. The van der Waals surface area contributed by atoms with Gasteiger partial charge in [-0.3, -0.25) is 9.59 Å². The van der Waals surface area contributed by atoms with Crippen LogP contribution in [0.5, 0.6) is 0 Å². The number of likely N-dealkylation sites (tertiary alicyclic amines) is 1. The maximum Gasteiger partial charge on any atom is 0.311 e. The topological polar surface area (TPSA) is 57.6 Å². The normalized spacial score (nSPS) is 23.6. The first-order chi connectivity index (χ1) is 9.78. The summed E-state index contributed by atoms with van der Waals surface area (Å²) in [6.07, 6.45) is 0.534. The van der Waals surface area contributed by atoms with Crippen LogP contribution in [-0.4, -0.2) is 35.0 Å². The van der Waals surface area contributed by atoms with Gasteiger partial charge in [0, 0.05) is 18.0 Å². The van der Waals surface area contributed by atoms with Gasteiger partial charge in [-0.25, -0.2) is 0 Å². The number of halogens is 1. The molecule has 2 unspecified atom stereocenters. The van der Waals surface area contributed by atoms with Crippen LogP contribution >= 0.6 is 27.3 Å². The minimum absolute atomic E-state index is 0.0130. The molecule has 1 aromatic rings. The molecule has 1 saturated heterocycles. The number of hydrogen-bond acceptors (Lipinski definition) is 3. The molecule has 2 heterocycles. The lowest BCUT2D eigenvalue weighted by molar-refractivity contribution is -0.151. The number of carboxylic acids is 1. The molecule has 0 radical (unpaired) electrons. The van der Waals surface area contributed by atoms with Crippen molar-refractivity contribution in [2.24, 2.45) is 11.3 Å². The number of hydrogen-bond donors (Lipinski definition) is 1. The molecule has 2 rings (SSSR count). The Morgan fingerprint density at radius 3 is 2.48 bits per heavy atom. The van der Waals surface area contributed by atoms with Gasteiger partial charge in [-0.1, -0.05) is 13.8 Å². The van der Waals surface area contributed by atoms with E-state index < -0.39 is 11.4 Å². The van der Waals surface area contributed by atoms with Crippen molar-refractivity contribution >= 4 is 39.1 Å². The molecular weight excluding hydrogens is 354 g/mol. The molecule has 1 N–H and O–H groups in total. The highest BCUT2D eigenvalue weighted by molar-refractivity contribution is 9.11. The molecule has 0 aliphatic carbocycles. The van der Waals surface area contributed by atoms with Crippen LogP contribution in [0, 0.1) is 11.3 Å². The third kappa shape index (κ3) is 3.01. The Morgan fingerprint density at radius 2 is 2.05 bits per heavy atom. The summed E-state index contributed by atoms with van der Waals surface area (Å²) in [6.45, 7) is 6.57. The minimum atomic E-state index is -0.800. The summed E-state index contributed by atoms with van der Waals surface area (Å²) in [5.41, 5.74) is -0.800. The lowest BCUT2D eigenvalue weighted by Gasteiger charge is -2.29. The molecule has 1 amide bonds. The van der Waals surface area contributed by atoms with Gasteiger partial charge in [-0.05, 0) is 47.3 Å². The van der Waals surface area contributed by atoms with E-state index in [0.29, 0.717) is 19.5 Å². The van der Waals surface area contributed by atoms with Crippen LogP contribution in [0.3, 0.4) is 0 Å². The fraction of sp³-hybridized carbons (Fsp3) is 0.600. The van der Waals surface area contributed by atoms with Crippen molar-refractivity contribution in [1.82, 2.24) is 4.90 Å². The average Bonchev–Trinajstić information content (AvgIpc) is 3.04. The van der Waals surface area contributed by atoms with Gasteiger partial charge >= 0.3 is 5.97 Å². The molecule has 1 aromatic heterocycles. The van der Waals surface area contributed by atoms with Gasteiger partial charge in [-0.2, -0.15) is 0 Å². The summed E-state index contributed by atoms with van der Waals surface area (Å²) in [6, 6.07) is 3.88. The summed E-state index contributed by atoms with van der Waals surface area (Å²) in [5.74, 6) is -0.982. The fourth-order valence-electron chi connectivity index (χ4n) is 2.87. The van der Waals surface area contributed by atoms with E-state index in [4.69, 9.17) is 0 Å². The third-order valence-corrected chi connectivity index (χ3v) is 6.34. The standard InChI is InChI=1S/C15H20BrNO3S/c1-9(2)15(14(19)20)6-7-17(8-15)13(18)10(3)11-4-5-12(16)21-11/h4-5,9-10H,6-8H2,1-3H3,(H,19,20). The molecule has 21 heavy (non-hydrogen) atoms. The molecule has 0 aromatic carbocycles. The molecule has 2 atom stereocenters. The van der Waals surface area contributed by atoms with E-state index in [0.717, 1.165) is 8.66 Å². The first-order valence-electron chi connectivity index (χ1n) is 7.05. The van der Waals surface area contributed by atoms with Gasteiger partial charge < -0.3 is 10.0 Å². The zero-order chi connectivity index (χ0) is 15.8. The average molecular weight is 374 g/mol. The molecule has 0 bridgehead atoms. The van der Waals surface area contributed by atoms with Gasteiger partial charge in [0.2, 0.25) is 5.91 Å². The summed E-state index contributed by atoms with van der Waals surface area (Å²) in [7, 11) is 0. The Bertz CT molecular complexity index is 557. The van der Waals surface area contributed by atoms with Crippen molar-refractivity contribution in [1.29, 1.82) is 0 Å². The maximum atomic E-state index is 12.6. The van der Waals surface area contributed by atoms with Gasteiger partial charge in [0.25, 0.3) is 0 Å². The Morgan fingerprint density at radius 1 is 1.38 bits per heavy atom. The van der Waals surface area contributed by atoms with Crippen LogP contribution in [0.2, 0.25) is 0 Å². The van der Waals surface area contributed by atoms with Gasteiger partial charge in [-0.15, -0.1) is 11.3 Å². The molecule has 0 spiro atoms. The maximum absolute atomic E-state index is 12.6. The van der Waals surface area contributed by atoms with Crippen LogP contribution in [0.1, 0.15) is 38.0 Å². The summed E-state index contributed by atoms with van der Waals surface area (Å²) in [5, 5.41) is 9.55. The second kappa shape index (κ2) is 6.08. The second-order valence-electron chi connectivity index (χ2n) is 5.99. The molecule has 1 aliphatic heterocycles. The molecule has 116 valence electrons. The summed E-state index contributed by atoms with van der Waals surface area (Å²) in [4.78, 5) is 27.0. The van der Waals surface area contributed by atoms with Gasteiger partial charge in [0.15, 0.2) is 0 Å². The number of thiophene rings is 1. The van der Waals surface area contributed by atoms with Crippen molar-refractivity contribution in [3.63, 3.8) is 0 Å². The number of amides is 1. The van der Waals surface area contributed by atoms with E-state index in [1.54, 1.807) is 16.2 Å². The monoisotopic (exact) mass is 373 g/mol. The highest BCUT2D eigenvalue weighted by atomic mass is 79.9. The molecular formula is C15H20BrNO3S. The first-order valence-corrected chi connectivity index (χ1v) is 8.66. The zero-order valence-corrected chi connectivity index (χ0v) is 14.8. The molecule has 1 fully saturated rings. The van der Waals surface area contributed by atoms with E-state index in [2.05, 4.69) is 15.9 Å². The highest BCUT2D eigenvalue weighted by Crippen LogP contribution is 2.39. The predicted octanol–water partition coefficient (Wildman–Crippen LogP) is 3.57. The van der Waals surface area contributed by atoms with Crippen LogP contribution < -0.4 is 0 Å². The third-order valence-electron chi connectivity index (χ3n) is 4.53. The summed E-state index contributed by atoms with van der Waals surface area (Å²) >= 11 is 4.95. The highest BCUT2D eigenvalue weighted by Gasteiger charge is 2.48. The smallest absolute Gasteiger partial charge is 0.311 e. The lowest BCUT2D eigenvalue weighted by atomic mass is 9.76. The van der Waals surface area contributed by atoms with E-state index in [1.807, 2.05) is 32.9 Å². The number of rotatable bonds is 4. The predicted molar refractivity (Wildman–Crippen MR) is 86.5 cm³/mol. The second-order valence-corrected chi connectivity index (χ2v) is 8.48. The fourth-order valence-corrected chi connectivity index (χ4v) is 4.34. The number of carbonyl (C=O) groups is 2. The molecule has 1 aliphatic rings. The minimum Gasteiger partial charge on any atom is -0.481 e. The zero-order valence-electron chi connectivity index (χ0n) is 12.4. The number of aliphatic carboxylic acids is 1. The Balaban J connectivity index is 2.13. The van der Waals surface area contributed by atoms with Crippen molar-refractivity contribution in [2.75, 3.05) is 13.1 Å². The Hall–Kier alpha value is -0.880. The largest absolute Gasteiger partial charge is 0.481 e. The molecule has 0 saturated carbocycles.